The van der Waals surface area contributed by atoms with E-state index in [1.807, 2.05) is 10.3 Å². The lowest BCUT2D eigenvalue weighted by Gasteiger charge is -2.05. The Balaban J connectivity index is 2.39. The molecule has 74 valence electrons. The van der Waals surface area contributed by atoms with E-state index < -0.39 is 0 Å². The maximum absolute atomic E-state index is 11.5. The molecule has 0 unspecified atom stereocenters. The zero-order valence-electron chi connectivity index (χ0n) is 8.17. The van der Waals surface area contributed by atoms with Gasteiger partial charge in [-0.3, -0.25) is 4.79 Å². The van der Waals surface area contributed by atoms with Gasteiger partial charge in [0.15, 0.2) is 0 Å². The van der Waals surface area contributed by atoms with Crippen molar-refractivity contribution in [2.45, 2.75) is 13.3 Å². The molecule has 0 atom stereocenters. The van der Waals surface area contributed by atoms with Crippen molar-refractivity contribution in [1.29, 1.82) is 0 Å². The van der Waals surface area contributed by atoms with E-state index in [2.05, 4.69) is 12.2 Å². The molecule has 0 spiro atoms. The highest BCUT2D eigenvalue weighted by atomic mass is 32.2. The third kappa shape index (κ3) is 3.30. The summed E-state index contributed by atoms with van der Waals surface area (Å²) in [5.41, 5.74) is 0.718. The van der Waals surface area contributed by atoms with Crippen LogP contribution in [0.25, 0.3) is 0 Å². The third-order valence-corrected chi connectivity index (χ3v) is 2.80. The third-order valence-electron chi connectivity index (χ3n) is 1.76. The van der Waals surface area contributed by atoms with Gasteiger partial charge in [0.1, 0.15) is 5.70 Å². The highest BCUT2D eigenvalue weighted by Gasteiger charge is 2.26. The first-order chi connectivity index (χ1) is 6.29. The summed E-state index contributed by atoms with van der Waals surface area (Å²) in [6, 6.07) is 0. The van der Waals surface area contributed by atoms with Gasteiger partial charge in [0.2, 0.25) is 0 Å². The molecule has 0 bridgehead atoms. The Bertz CT molecular complexity index is 212. The summed E-state index contributed by atoms with van der Waals surface area (Å²) < 4.78 is 0. The van der Waals surface area contributed by atoms with E-state index >= 15 is 0 Å². The van der Waals surface area contributed by atoms with Crippen LogP contribution in [-0.4, -0.2) is 36.7 Å². The molecule has 1 N–H and O–H groups in total. The molecule has 0 saturated carbocycles. The van der Waals surface area contributed by atoms with Crippen LogP contribution in [0.3, 0.4) is 0 Å². The number of thioether (sulfide) groups is 1. The van der Waals surface area contributed by atoms with Crippen LogP contribution < -0.4 is 5.32 Å². The predicted octanol–water partition coefficient (Wildman–Crippen LogP) is 1.03. The minimum atomic E-state index is 0.131. The maximum Gasteiger partial charge on any atom is 0.270 e. The van der Waals surface area contributed by atoms with Gasteiger partial charge < -0.3 is 10.2 Å². The number of rotatable bonds is 5. The van der Waals surface area contributed by atoms with Gasteiger partial charge in [0.05, 0.1) is 0 Å². The van der Waals surface area contributed by atoms with Crippen LogP contribution in [0, 0.1) is 0 Å². The smallest absolute Gasteiger partial charge is 0.270 e. The first-order valence-corrected chi connectivity index (χ1v) is 5.63. The van der Waals surface area contributed by atoms with Crippen LogP contribution in [-0.2, 0) is 4.79 Å². The van der Waals surface area contributed by atoms with Crippen LogP contribution >= 0.6 is 11.8 Å². The first-order valence-electron chi connectivity index (χ1n) is 4.58. The van der Waals surface area contributed by atoms with E-state index in [0.29, 0.717) is 0 Å². The van der Waals surface area contributed by atoms with Crippen molar-refractivity contribution in [2.75, 3.05) is 25.9 Å². The van der Waals surface area contributed by atoms with Crippen LogP contribution in [0.2, 0.25) is 0 Å². The van der Waals surface area contributed by atoms with Crippen LogP contribution in [0.1, 0.15) is 13.3 Å². The summed E-state index contributed by atoms with van der Waals surface area (Å²) in [5, 5.41) is 4.85. The summed E-state index contributed by atoms with van der Waals surface area (Å²) in [7, 11) is 1.79. The molecule has 0 aliphatic carbocycles. The summed E-state index contributed by atoms with van der Waals surface area (Å²) >= 11 is 1.69. The Kier molecular flexibility index (Phi) is 4.15. The number of hydrogen-bond acceptors (Lipinski definition) is 3. The molecular weight excluding hydrogens is 184 g/mol. The molecule has 0 aromatic rings. The zero-order chi connectivity index (χ0) is 9.68. The number of amides is 1. The number of carbonyl (C=O) groups is 1. The lowest BCUT2D eigenvalue weighted by molar-refractivity contribution is -0.122. The van der Waals surface area contributed by atoms with Gasteiger partial charge in [-0.05, 0) is 17.6 Å². The highest BCUT2D eigenvalue weighted by molar-refractivity contribution is 8.02. The van der Waals surface area contributed by atoms with Gasteiger partial charge in [-0.2, -0.15) is 0 Å². The molecule has 0 aromatic carbocycles. The van der Waals surface area contributed by atoms with Gasteiger partial charge >= 0.3 is 0 Å². The Morgan fingerprint density at radius 2 is 2.31 bits per heavy atom. The van der Waals surface area contributed by atoms with Gasteiger partial charge in [-0.25, -0.2) is 0 Å². The molecule has 1 fully saturated rings. The second-order valence-electron chi connectivity index (χ2n) is 2.94. The Labute approximate surface area is 83.6 Å². The molecule has 0 radical (unpaired) electrons. The summed E-state index contributed by atoms with van der Waals surface area (Å²) in [6.07, 6.45) is 1.13. The van der Waals surface area contributed by atoms with Crippen molar-refractivity contribution in [3.8, 4) is 0 Å². The fourth-order valence-corrected chi connectivity index (χ4v) is 1.64. The van der Waals surface area contributed by atoms with Gasteiger partial charge in [-0.15, -0.1) is 11.8 Å². The number of nitrogens with one attached hydrogen (secondary N) is 1. The predicted molar refractivity (Wildman–Crippen MR) is 56.5 cm³/mol. The molecule has 3 nitrogen and oxygen atoms in total. The van der Waals surface area contributed by atoms with Crippen molar-refractivity contribution in [3.63, 3.8) is 0 Å². The Hall–Kier alpha value is -0.640. The molecule has 1 aliphatic heterocycles. The second kappa shape index (κ2) is 5.17. The van der Waals surface area contributed by atoms with E-state index in [-0.39, 0.29) is 5.91 Å². The van der Waals surface area contributed by atoms with Crippen LogP contribution in [0.4, 0.5) is 0 Å². The first kappa shape index (κ1) is 10.4. The lowest BCUT2D eigenvalue weighted by atomic mass is 10.4. The average Bonchev–Trinajstić information content (AvgIpc) is 2.94. The fraction of sp³-hybridized carbons (Fsp3) is 0.667. The number of likely N-dealkylation sites (N-methyl/N-ethyl adjacent to an activating group) is 1. The van der Waals surface area contributed by atoms with Crippen LogP contribution in [0.15, 0.2) is 11.1 Å². The van der Waals surface area contributed by atoms with Crippen molar-refractivity contribution >= 4 is 17.7 Å². The molecule has 0 aromatic heterocycles. The molecule has 1 amide bonds. The SMILES string of the molecule is CCCS/C=C(\NC)C(=O)N1CC1. The molecule has 1 aliphatic rings. The van der Waals surface area contributed by atoms with Crippen LogP contribution in [0.5, 0.6) is 0 Å². The quantitative estimate of drug-likeness (QED) is 0.409. The largest absolute Gasteiger partial charge is 0.383 e. The normalized spacial score (nSPS) is 15.8. The van der Waals surface area contributed by atoms with E-state index in [1.54, 1.807) is 18.8 Å². The highest BCUT2D eigenvalue weighted by Crippen LogP contribution is 2.12. The van der Waals surface area contributed by atoms with Gasteiger partial charge in [-0.1, -0.05) is 6.92 Å². The van der Waals surface area contributed by atoms with Crippen molar-refractivity contribution < 1.29 is 4.79 Å². The molecule has 1 heterocycles. The lowest BCUT2D eigenvalue weighted by Crippen LogP contribution is -2.22. The minimum Gasteiger partial charge on any atom is -0.383 e. The second-order valence-corrected chi connectivity index (χ2v) is 3.92. The standard InChI is InChI=1S/C9H16N2OS/c1-3-6-13-7-8(10-2)9(12)11-4-5-11/h7,10H,3-6H2,1-2H3/b8-7-. The van der Waals surface area contributed by atoms with E-state index in [9.17, 15) is 4.79 Å². The fourth-order valence-electron chi connectivity index (χ4n) is 0.900. The summed E-state index contributed by atoms with van der Waals surface area (Å²) in [4.78, 5) is 13.3. The summed E-state index contributed by atoms with van der Waals surface area (Å²) in [6.45, 7) is 3.96. The topological polar surface area (TPSA) is 32.1 Å². The summed E-state index contributed by atoms with van der Waals surface area (Å²) in [5.74, 6) is 1.20. The molecule has 1 saturated heterocycles. The molecule has 13 heavy (non-hydrogen) atoms. The van der Waals surface area contributed by atoms with Gasteiger partial charge in [0, 0.05) is 20.1 Å². The zero-order valence-corrected chi connectivity index (χ0v) is 8.99. The molecular formula is C9H16N2OS. The maximum atomic E-state index is 11.5. The van der Waals surface area contributed by atoms with Gasteiger partial charge in [0.25, 0.3) is 5.91 Å². The van der Waals surface area contributed by atoms with E-state index in [1.165, 1.54) is 0 Å². The Morgan fingerprint density at radius 3 is 2.77 bits per heavy atom. The number of hydrogen-bond donors (Lipinski definition) is 1. The van der Waals surface area contributed by atoms with E-state index in [0.717, 1.165) is 31.0 Å². The average molecular weight is 200 g/mol. The van der Waals surface area contributed by atoms with Crippen molar-refractivity contribution in [2.24, 2.45) is 0 Å². The van der Waals surface area contributed by atoms with Crippen molar-refractivity contribution in [1.82, 2.24) is 10.2 Å². The van der Waals surface area contributed by atoms with Crippen molar-refractivity contribution in [3.05, 3.63) is 11.1 Å². The number of nitrogens with zero attached hydrogens (tertiary/aromatic N) is 1. The monoisotopic (exact) mass is 200 g/mol. The number of carbonyl (C=O) groups excluding carboxylic acids is 1. The van der Waals surface area contributed by atoms with E-state index in [4.69, 9.17) is 0 Å². The molecule has 1 rings (SSSR count). The minimum absolute atomic E-state index is 0.131. The molecule has 4 heteroatoms. The Morgan fingerprint density at radius 1 is 1.62 bits per heavy atom.